The average molecular weight is 206 g/mol. The maximum Gasteiger partial charge on any atom is 0.150 e. The highest BCUT2D eigenvalue weighted by Crippen LogP contribution is 2.20. The summed E-state index contributed by atoms with van der Waals surface area (Å²) in [6, 6.07) is 5.57. The summed E-state index contributed by atoms with van der Waals surface area (Å²) in [5, 5.41) is 0. The summed E-state index contributed by atoms with van der Waals surface area (Å²) in [5.74, 6) is 0.829. The number of unbranched alkanes of at least 4 members (excludes halogenated alkanes) is 2. The van der Waals surface area contributed by atoms with Crippen LogP contribution in [0.5, 0.6) is 5.75 Å². The van der Waals surface area contributed by atoms with Gasteiger partial charge in [-0.05, 0) is 19.4 Å². The summed E-state index contributed by atoms with van der Waals surface area (Å²) >= 11 is 0. The van der Waals surface area contributed by atoms with Crippen LogP contribution >= 0.6 is 0 Å². The Kier molecular flexibility index (Phi) is 4.88. The number of rotatable bonds is 6. The first kappa shape index (κ1) is 11.8. The van der Waals surface area contributed by atoms with Crippen molar-refractivity contribution in [2.45, 2.75) is 33.1 Å². The molecule has 0 N–H and O–H groups in total. The van der Waals surface area contributed by atoms with Crippen molar-refractivity contribution in [1.29, 1.82) is 0 Å². The molecule has 0 aromatic heterocycles. The Morgan fingerprint density at radius 1 is 1.33 bits per heavy atom. The number of aldehydes is 1. The molecular formula is C13H18O2. The third kappa shape index (κ3) is 3.39. The molecule has 0 heterocycles. The normalized spacial score (nSPS) is 10.0. The number of carbonyl (C=O) groups excluding carboxylic acids is 1. The van der Waals surface area contributed by atoms with Crippen molar-refractivity contribution in [2.24, 2.45) is 0 Å². The van der Waals surface area contributed by atoms with Gasteiger partial charge in [-0.15, -0.1) is 0 Å². The molecule has 0 saturated heterocycles. The Labute approximate surface area is 91.3 Å². The number of carbonyl (C=O) groups is 1. The second kappa shape index (κ2) is 6.23. The molecule has 1 rings (SSSR count). The van der Waals surface area contributed by atoms with Gasteiger partial charge in [0.2, 0.25) is 0 Å². The third-order valence-corrected chi connectivity index (χ3v) is 2.46. The van der Waals surface area contributed by atoms with E-state index in [1.54, 1.807) is 6.07 Å². The second-order valence-corrected chi connectivity index (χ2v) is 3.64. The highest BCUT2D eigenvalue weighted by atomic mass is 16.5. The lowest BCUT2D eigenvalue weighted by atomic mass is 10.1. The highest BCUT2D eigenvalue weighted by molar-refractivity contribution is 5.78. The van der Waals surface area contributed by atoms with Crippen molar-refractivity contribution in [2.75, 3.05) is 6.61 Å². The average Bonchev–Trinajstić information content (AvgIpc) is 2.26. The van der Waals surface area contributed by atoms with E-state index in [0.29, 0.717) is 5.56 Å². The van der Waals surface area contributed by atoms with Gasteiger partial charge in [0.25, 0.3) is 0 Å². The Morgan fingerprint density at radius 2 is 2.13 bits per heavy atom. The second-order valence-electron chi connectivity index (χ2n) is 3.64. The van der Waals surface area contributed by atoms with Crippen LogP contribution in [0.15, 0.2) is 18.2 Å². The van der Waals surface area contributed by atoms with Crippen LogP contribution in [-0.4, -0.2) is 12.9 Å². The topological polar surface area (TPSA) is 26.3 Å². The zero-order chi connectivity index (χ0) is 11.1. The zero-order valence-electron chi connectivity index (χ0n) is 9.45. The molecule has 0 unspecified atom stereocenters. The van der Waals surface area contributed by atoms with Gasteiger partial charge in [0.1, 0.15) is 12.0 Å². The predicted octanol–water partition coefficient (Wildman–Crippen LogP) is 3.38. The fourth-order valence-corrected chi connectivity index (χ4v) is 1.45. The van der Waals surface area contributed by atoms with Crippen molar-refractivity contribution in [3.63, 3.8) is 0 Å². The predicted molar refractivity (Wildman–Crippen MR) is 61.6 cm³/mol. The molecule has 15 heavy (non-hydrogen) atoms. The minimum atomic E-state index is 0.711. The van der Waals surface area contributed by atoms with Gasteiger partial charge in [0.15, 0.2) is 0 Å². The minimum Gasteiger partial charge on any atom is -0.493 e. The lowest BCUT2D eigenvalue weighted by molar-refractivity contribution is 0.112. The van der Waals surface area contributed by atoms with Gasteiger partial charge in [0.05, 0.1) is 6.61 Å². The van der Waals surface area contributed by atoms with Crippen molar-refractivity contribution >= 4 is 6.29 Å². The van der Waals surface area contributed by atoms with E-state index in [9.17, 15) is 4.79 Å². The smallest absolute Gasteiger partial charge is 0.150 e. The zero-order valence-corrected chi connectivity index (χ0v) is 9.45. The van der Waals surface area contributed by atoms with E-state index >= 15 is 0 Å². The number of hydrogen-bond acceptors (Lipinski definition) is 2. The summed E-state index contributed by atoms with van der Waals surface area (Å²) in [6.45, 7) is 4.81. The molecule has 2 nitrogen and oxygen atoms in total. The van der Waals surface area contributed by atoms with E-state index in [1.807, 2.05) is 19.1 Å². The first-order valence-corrected chi connectivity index (χ1v) is 5.47. The van der Waals surface area contributed by atoms with E-state index in [4.69, 9.17) is 4.74 Å². The van der Waals surface area contributed by atoms with Crippen molar-refractivity contribution in [3.8, 4) is 5.75 Å². The molecule has 82 valence electrons. The minimum absolute atomic E-state index is 0.711. The van der Waals surface area contributed by atoms with Gasteiger partial charge >= 0.3 is 0 Å². The van der Waals surface area contributed by atoms with Crippen LogP contribution < -0.4 is 4.74 Å². The van der Waals surface area contributed by atoms with Crippen molar-refractivity contribution < 1.29 is 9.53 Å². The molecule has 0 aliphatic heterocycles. The first-order valence-electron chi connectivity index (χ1n) is 5.47. The van der Waals surface area contributed by atoms with Gasteiger partial charge < -0.3 is 4.74 Å². The maximum absolute atomic E-state index is 10.7. The lowest BCUT2D eigenvalue weighted by Gasteiger charge is -2.09. The van der Waals surface area contributed by atoms with Gasteiger partial charge in [-0.2, -0.15) is 0 Å². The summed E-state index contributed by atoms with van der Waals surface area (Å²) in [6.07, 6.45) is 4.32. The quantitative estimate of drug-likeness (QED) is 0.527. The number of benzene rings is 1. The van der Waals surface area contributed by atoms with Crippen molar-refractivity contribution in [3.05, 3.63) is 29.3 Å². The molecule has 0 atom stereocenters. The standard InChI is InChI=1S/C13H18O2/c1-3-4-5-9-15-13-8-6-7-12(10-14)11(13)2/h6-8,10H,3-5,9H2,1-2H3. The molecule has 2 heteroatoms. The van der Waals surface area contributed by atoms with Crippen LogP contribution in [0.3, 0.4) is 0 Å². The summed E-state index contributed by atoms with van der Waals surface area (Å²) in [4.78, 5) is 10.7. The monoisotopic (exact) mass is 206 g/mol. The van der Waals surface area contributed by atoms with E-state index in [1.165, 1.54) is 12.8 Å². The number of ether oxygens (including phenoxy) is 1. The van der Waals surface area contributed by atoms with Gasteiger partial charge in [-0.25, -0.2) is 0 Å². The van der Waals surface area contributed by atoms with E-state index in [0.717, 1.165) is 30.6 Å². The Bertz CT molecular complexity index is 318. The molecule has 0 radical (unpaired) electrons. The fraction of sp³-hybridized carbons (Fsp3) is 0.462. The van der Waals surface area contributed by atoms with Gasteiger partial charge in [0, 0.05) is 11.1 Å². The Morgan fingerprint density at radius 3 is 2.80 bits per heavy atom. The fourth-order valence-electron chi connectivity index (χ4n) is 1.45. The SMILES string of the molecule is CCCCCOc1cccc(C=O)c1C. The van der Waals surface area contributed by atoms with Gasteiger partial charge in [-0.1, -0.05) is 31.9 Å². The molecular weight excluding hydrogens is 188 g/mol. The number of hydrogen-bond donors (Lipinski definition) is 0. The van der Waals surface area contributed by atoms with Crippen LogP contribution in [0.25, 0.3) is 0 Å². The van der Waals surface area contributed by atoms with Crippen LogP contribution in [0.4, 0.5) is 0 Å². The summed E-state index contributed by atoms with van der Waals surface area (Å²) < 4.78 is 5.62. The molecule has 0 bridgehead atoms. The van der Waals surface area contributed by atoms with E-state index in [-0.39, 0.29) is 0 Å². The van der Waals surface area contributed by atoms with Gasteiger partial charge in [-0.3, -0.25) is 4.79 Å². The molecule has 0 aliphatic rings. The van der Waals surface area contributed by atoms with Crippen LogP contribution in [-0.2, 0) is 0 Å². The highest BCUT2D eigenvalue weighted by Gasteiger charge is 2.03. The molecule has 0 saturated carbocycles. The molecule has 0 spiro atoms. The maximum atomic E-state index is 10.7. The third-order valence-electron chi connectivity index (χ3n) is 2.46. The molecule has 0 fully saturated rings. The Balaban J connectivity index is 2.57. The lowest BCUT2D eigenvalue weighted by Crippen LogP contribution is -2.00. The van der Waals surface area contributed by atoms with Crippen LogP contribution in [0, 0.1) is 6.92 Å². The molecule has 0 amide bonds. The van der Waals surface area contributed by atoms with Crippen LogP contribution in [0.2, 0.25) is 0 Å². The first-order chi connectivity index (χ1) is 7.29. The molecule has 1 aromatic carbocycles. The van der Waals surface area contributed by atoms with Crippen molar-refractivity contribution in [1.82, 2.24) is 0 Å². The summed E-state index contributed by atoms with van der Waals surface area (Å²) in [7, 11) is 0. The van der Waals surface area contributed by atoms with E-state index < -0.39 is 0 Å². The molecule has 0 aliphatic carbocycles. The largest absolute Gasteiger partial charge is 0.493 e. The van der Waals surface area contributed by atoms with E-state index in [2.05, 4.69) is 6.92 Å². The molecule has 1 aromatic rings. The van der Waals surface area contributed by atoms with Crippen LogP contribution in [0.1, 0.15) is 42.1 Å². The Hall–Kier alpha value is -1.31. The summed E-state index contributed by atoms with van der Waals surface area (Å²) in [5.41, 5.74) is 1.65.